The quantitative estimate of drug-likeness (QED) is 0.592. The van der Waals surface area contributed by atoms with Gasteiger partial charge < -0.3 is 15.4 Å². The molecule has 1 aliphatic rings. The Kier molecular flexibility index (Phi) is 6.40. The number of amides is 3. The summed E-state index contributed by atoms with van der Waals surface area (Å²) in [5.41, 5.74) is 3.14. The lowest BCUT2D eigenvalue weighted by atomic mass is 10.0. The van der Waals surface area contributed by atoms with E-state index in [2.05, 4.69) is 10.6 Å². The normalized spacial score (nSPS) is 14.8. The van der Waals surface area contributed by atoms with Gasteiger partial charge in [-0.05, 0) is 62.4 Å². The molecule has 0 fully saturated rings. The van der Waals surface area contributed by atoms with Crippen molar-refractivity contribution in [2.75, 3.05) is 22.1 Å². The van der Waals surface area contributed by atoms with E-state index in [9.17, 15) is 14.4 Å². The summed E-state index contributed by atoms with van der Waals surface area (Å²) in [5.74, 6) is -0.416. The summed E-state index contributed by atoms with van der Waals surface area (Å²) in [6, 6.07) is 20.2. The summed E-state index contributed by atoms with van der Waals surface area (Å²) in [6.07, 6.45) is -0.190. The van der Waals surface area contributed by atoms with Gasteiger partial charge in [-0.25, -0.2) is 0 Å². The number of hydrogen-bond donors (Lipinski definition) is 2. The van der Waals surface area contributed by atoms with Crippen LogP contribution in [0.1, 0.15) is 29.3 Å². The third-order valence-electron chi connectivity index (χ3n) is 5.38. The van der Waals surface area contributed by atoms with Crippen LogP contribution in [0.3, 0.4) is 0 Å². The van der Waals surface area contributed by atoms with Crippen molar-refractivity contribution in [3.63, 3.8) is 0 Å². The highest BCUT2D eigenvalue weighted by molar-refractivity contribution is 6.17. The van der Waals surface area contributed by atoms with Gasteiger partial charge in [0.2, 0.25) is 11.8 Å². The van der Waals surface area contributed by atoms with Crippen molar-refractivity contribution in [3.8, 4) is 5.75 Å². The van der Waals surface area contributed by atoms with E-state index in [1.54, 1.807) is 60.7 Å². The van der Waals surface area contributed by atoms with Crippen LogP contribution in [0.25, 0.3) is 0 Å². The van der Waals surface area contributed by atoms with Crippen LogP contribution in [0.4, 0.5) is 17.1 Å². The van der Waals surface area contributed by atoms with E-state index < -0.39 is 11.9 Å². The second-order valence-corrected chi connectivity index (χ2v) is 7.77. The third-order valence-corrected chi connectivity index (χ3v) is 5.38. The minimum atomic E-state index is -0.989. The Morgan fingerprint density at radius 1 is 1.00 bits per heavy atom. The second-order valence-electron chi connectivity index (χ2n) is 7.77. The Balaban J connectivity index is 1.59. The minimum Gasteiger partial charge on any atom is -0.494 e. The van der Waals surface area contributed by atoms with Crippen LogP contribution in [-0.4, -0.2) is 30.4 Å². The van der Waals surface area contributed by atoms with Crippen molar-refractivity contribution in [1.29, 1.82) is 0 Å². The molecule has 0 radical (unpaired) electrons. The predicted molar refractivity (Wildman–Crippen MR) is 128 cm³/mol. The molecule has 3 amide bonds. The van der Waals surface area contributed by atoms with E-state index in [0.29, 0.717) is 35.0 Å². The fraction of sp³-hybridized carbons (Fsp3) is 0.192. The fourth-order valence-electron chi connectivity index (χ4n) is 3.75. The van der Waals surface area contributed by atoms with Crippen LogP contribution in [0.2, 0.25) is 0 Å². The van der Waals surface area contributed by atoms with Gasteiger partial charge in [0.25, 0.3) is 5.91 Å². The van der Waals surface area contributed by atoms with Gasteiger partial charge in [0.15, 0.2) is 0 Å². The number of nitrogens with zero attached hydrogens (tertiary/aromatic N) is 1. The molecule has 33 heavy (non-hydrogen) atoms. The van der Waals surface area contributed by atoms with Crippen molar-refractivity contribution in [2.45, 2.75) is 26.3 Å². The summed E-state index contributed by atoms with van der Waals surface area (Å²) in [7, 11) is 0. The summed E-state index contributed by atoms with van der Waals surface area (Å²) >= 11 is 0. The zero-order chi connectivity index (χ0) is 23.4. The lowest BCUT2D eigenvalue weighted by molar-refractivity contribution is -0.122. The van der Waals surface area contributed by atoms with Crippen molar-refractivity contribution < 1.29 is 19.1 Å². The number of aryl methyl sites for hydroxylation is 1. The number of benzene rings is 3. The van der Waals surface area contributed by atoms with E-state index in [1.807, 2.05) is 26.0 Å². The lowest BCUT2D eigenvalue weighted by Gasteiger charge is -2.36. The van der Waals surface area contributed by atoms with E-state index in [4.69, 9.17) is 4.74 Å². The summed E-state index contributed by atoms with van der Waals surface area (Å²) < 4.78 is 5.41. The number of nitrogens with one attached hydrogen (secondary N) is 2. The first-order chi connectivity index (χ1) is 16.0. The topological polar surface area (TPSA) is 87.7 Å². The van der Waals surface area contributed by atoms with Crippen molar-refractivity contribution in [3.05, 3.63) is 83.9 Å². The lowest BCUT2D eigenvalue weighted by Crippen LogP contribution is -2.52. The highest BCUT2D eigenvalue weighted by Crippen LogP contribution is 2.34. The van der Waals surface area contributed by atoms with Gasteiger partial charge in [-0.2, -0.15) is 0 Å². The number of hydrogen-bond acceptors (Lipinski definition) is 4. The van der Waals surface area contributed by atoms with Gasteiger partial charge in [-0.15, -0.1) is 0 Å². The molecule has 4 rings (SSSR count). The van der Waals surface area contributed by atoms with Crippen LogP contribution in [0.15, 0.2) is 72.8 Å². The van der Waals surface area contributed by atoms with Gasteiger partial charge in [0.05, 0.1) is 24.4 Å². The number of ether oxygens (including phenoxy) is 1. The van der Waals surface area contributed by atoms with Crippen LogP contribution < -0.4 is 20.3 Å². The number of carbonyl (C=O) groups is 3. The average Bonchev–Trinajstić information content (AvgIpc) is 2.81. The highest BCUT2D eigenvalue weighted by atomic mass is 16.5. The molecule has 1 unspecified atom stereocenters. The molecular weight excluding hydrogens is 418 g/mol. The first-order valence-electron chi connectivity index (χ1n) is 10.8. The average molecular weight is 444 g/mol. The van der Waals surface area contributed by atoms with Crippen LogP contribution in [-0.2, 0) is 9.59 Å². The molecule has 3 aromatic carbocycles. The standard InChI is InChI=1S/C26H25N3O4/c1-3-33-20-14-12-19(13-15-20)27-24(30)16-23-25(31)28-21-6-4-5-7-22(21)29(23)26(32)18-10-8-17(2)9-11-18/h4-15,23H,3,16H2,1-2H3,(H,27,30)(H,28,31). The van der Waals surface area contributed by atoms with Crippen LogP contribution >= 0.6 is 0 Å². The molecule has 1 heterocycles. The first kappa shape index (κ1) is 22.1. The molecule has 0 aromatic heterocycles. The van der Waals surface area contributed by atoms with Crippen molar-refractivity contribution >= 4 is 34.8 Å². The molecule has 0 aliphatic carbocycles. The molecule has 168 valence electrons. The van der Waals surface area contributed by atoms with Gasteiger partial charge in [0.1, 0.15) is 11.8 Å². The Morgan fingerprint density at radius 2 is 1.70 bits per heavy atom. The van der Waals surface area contributed by atoms with Gasteiger partial charge in [-0.3, -0.25) is 19.3 Å². The second kappa shape index (κ2) is 9.56. The Morgan fingerprint density at radius 3 is 2.39 bits per heavy atom. The van der Waals surface area contributed by atoms with Crippen molar-refractivity contribution in [2.24, 2.45) is 0 Å². The maximum atomic E-state index is 13.5. The number of anilines is 3. The molecule has 0 saturated heterocycles. The zero-order valence-corrected chi connectivity index (χ0v) is 18.5. The number of para-hydroxylation sites is 2. The van der Waals surface area contributed by atoms with Gasteiger partial charge in [0, 0.05) is 11.3 Å². The highest BCUT2D eigenvalue weighted by Gasteiger charge is 2.38. The van der Waals surface area contributed by atoms with Gasteiger partial charge in [-0.1, -0.05) is 29.8 Å². The largest absolute Gasteiger partial charge is 0.494 e. The molecule has 1 aliphatic heterocycles. The van der Waals surface area contributed by atoms with E-state index in [0.717, 1.165) is 5.56 Å². The Bertz CT molecular complexity index is 1170. The van der Waals surface area contributed by atoms with Gasteiger partial charge >= 0.3 is 0 Å². The molecule has 1 atom stereocenters. The first-order valence-corrected chi connectivity index (χ1v) is 10.8. The third kappa shape index (κ3) is 4.87. The van der Waals surface area contributed by atoms with Crippen molar-refractivity contribution in [1.82, 2.24) is 0 Å². The SMILES string of the molecule is CCOc1ccc(NC(=O)CC2C(=O)Nc3ccccc3N2C(=O)c2ccc(C)cc2)cc1. The van der Waals surface area contributed by atoms with E-state index >= 15 is 0 Å². The van der Waals surface area contributed by atoms with Crippen LogP contribution in [0, 0.1) is 6.92 Å². The molecule has 3 aromatic rings. The smallest absolute Gasteiger partial charge is 0.259 e. The summed E-state index contributed by atoms with van der Waals surface area (Å²) in [5, 5.41) is 5.61. The zero-order valence-electron chi connectivity index (χ0n) is 18.5. The number of rotatable bonds is 6. The fourth-order valence-corrected chi connectivity index (χ4v) is 3.75. The maximum Gasteiger partial charge on any atom is 0.259 e. The molecule has 0 spiro atoms. The number of carbonyl (C=O) groups excluding carboxylic acids is 3. The molecule has 7 heteroatoms. The summed E-state index contributed by atoms with van der Waals surface area (Å²) in [4.78, 5) is 40.7. The monoisotopic (exact) mass is 443 g/mol. The Hall–Kier alpha value is -4.13. The maximum absolute atomic E-state index is 13.5. The molecular formula is C26H25N3O4. The van der Waals surface area contributed by atoms with E-state index in [1.165, 1.54) is 4.90 Å². The minimum absolute atomic E-state index is 0.190. The molecule has 2 N–H and O–H groups in total. The van der Waals surface area contributed by atoms with E-state index in [-0.39, 0.29) is 18.2 Å². The predicted octanol–water partition coefficient (Wildman–Crippen LogP) is 4.39. The molecule has 0 saturated carbocycles. The Labute approximate surface area is 192 Å². The summed E-state index contributed by atoms with van der Waals surface area (Å²) in [6.45, 7) is 4.38. The van der Waals surface area contributed by atoms with Crippen LogP contribution in [0.5, 0.6) is 5.75 Å². The molecule has 0 bridgehead atoms. The number of fused-ring (bicyclic) bond motifs is 1. The molecule has 7 nitrogen and oxygen atoms in total.